The summed E-state index contributed by atoms with van der Waals surface area (Å²) in [4.78, 5) is 12.9. The van der Waals surface area contributed by atoms with Gasteiger partial charge in [-0.15, -0.1) is 0 Å². The molecule has 0 aliphatic carbocycles. The van der Waals surface area contributed by atoms with Crippen molar-refractivity contribution in [2.45, 2.75) is 12.5 Å². The standard InChI is InChI=1S/C10H19NO4/c1-14-6-8-3-4-11(5-8)9(7-15-2)10(12)13/h8-9H,3-7H2,1-2H3,(H,12,13). The molecule has 2 unspecified atom stereocenters. The molecule has 0 amide bonds. The minimum Gasteiger partial charge on any atom is -0.480 e. The Morgan fingerprint density at radius 3 is 2.80 bits per heavy atom. The van der Waals surface area contributed by atoms with Gasteiger partial charge < -0.3 is 14.6 Å². The van der Waals surface area contributed by atoms with Gasteiger partial charge in [-0.1, -0.05) is 0 Å². The average molecular weight is 217 g/mol. The van der Waals surface area contributed by atoms with Crippen LogP contribution in [-0.2, 0) is 14.3 Å². The number of hydrogen-bond acceptors (Lipinski definition) is 4. The molecule has 1 rings (SSSR count). The fraction of sp³-hybridized carbons (Fsp3) is 0.900. The van der Waals surface area contributed by atoms with E-state index in [1.165, 1.54) is 7.11 Å². The highest BCUT2D eigenvalue weighted by Gasteiger charge is 2.32. The van der Waals surface area contributed by atoms with Crippen molar-refractivity contribution in [3.8, 4) is 0 Å². The average Bonchev–Trinajstić information content (AvgIpc) is 2.62. The lowest BCUT2D eigenvalue weighted by atomic mass is 10.1. The van der Waals surface area contributed by atoms with Gasteiger partial charge in [-0.3, -0.25) is 9.69 Å². The van der Waals surface area contributed by atoms with Crippen molar-refractivity contribution in [2.75, 3.05) is 40.5 Å². The van der Waals surface area contributed by atoms with Crippen LogP contribution in [0.1, 0.15) is 6.42 Å². The van der Waals surface area contributed by atoms with E-state index in [0.29, 0.717) is 12.5 Å². The highest BCUT2D eigenvalue weighted by atomic mass is 16.5. The van der Waals surface area contributed by atoms with Gasteiger partial charge in [0.15, 0.2) is 0 Å². The highest BCUT2D eigenvalue weighted by molar-refractivity contribution is 5.73. The summed E-state index contributed by atoms with van der Waals surface area (Å²) in [6.07, 6.45) is 1.00. The van der Waals surface area contributed by atoms with Gasteiger partial charge in [0, 0.05) is 20.8 Å². The molecule has 0 aromatic rings. The van der Waals surface area contributed by atoms with Gasteiger partial charge in [0.2, 0.25) is 0 Å². The van der Waals surface area contributed by atoms with Crippen molar-refractivity contribution in [1.29, 1.82) is 0 Å². The Hall–Kier alpha value is -0.650. The van der Waals surface area contributed by atoms with E-state index in [4.69, 9.17) is 14.6 Å². The molecular formula is C10H19NO4. The van der Waals surface area contributed by atoms with Crippen molar-refractivity contribution < 1.29 is 19.4 Å². The van der Waals surface area contributed by atoms with E-state index in [-0.39, 0.29) is 6.61 Å². The van der Waals surface area contributed by atoms with Crippen molar-refractivity contribution in [2.24, 2.45) is 5.92 Å². The third kappa shape index (κ3) is 3.44. The zero-order valence-electron chi connectivity index (χ0n) is 9.31. The second-order valence-corrected chi connectivity index (χ2v) is 3.91. The van der Waals surface area contributed by atoms with Gasteiger partial charge in [-0.25, -0.2) is 0 Å². The molecule has 0 saturated carbocycles. The van der Waals surface area contributed by atoms with Crippen LogP contribution in [0.3, 0.4) is 0 Å². The summed E-state index contributed by atoms with van der Waals surface area (Å²) in [6, 6.07) is -0.517. The molecule has 0 aromatic carbocycles. The molecule has 0 aromatic heterocycles. The number of aliphatic carboxylic acids is 1. The van der Waals surface area contributed by atoms with Crippen LogP contribution in [0.4, 0.5) is 0 Å². The van der Waals surface area contributed by atoms with Crippen LogP contribution in [0.2, 0.25) is 0 Å². The summed E-state index contributed by atoms with van der Waals surface area (Å²) < 4.78 is 9.99. The molecule has 15 heavy (non-hydrogen) atoms. The number of methoxy groups -OCH3 is 2. The first-order chi connectivity index (χ1) is 7.19. The zero-order chi connectivity index (χ0) is 11.3. The summed E-state index contributed by atoms with van der Waals surface area (Å²) in [7, 11) is 3.20. The van der Waals surface area contributed by atoms with E-state index in [9.17, 15) is 4.79 Å². The van der Waals surface area contributed by atoms with E-state index in [2.05, 4.69) is 0 Å². The Morgan fingerprint density at radius 1 is 1.53 bits per heavy atom. The summed E-state index contributed by atoms with van der Waals surface area (Å²) in [5.41, 5.74) is 0. The minimum absolute atomic E-state index is 0.245. The van der Waals surface area contributed by atoms with Gasteiger partial charge in [0.05, 0.1) is 13.2 Å². The smallest absolute Gasteiger partial charge is 0.323 e. The molecule has 1 aliphatic rings. The first kappa shape index (κ1) is 12.4. The van der Waals surface area contributed by atoms with E-state index in [1.54, 1.807) is 7.11 Å². The van der Waals surface area contributed by atoms with Crippen molar-refractivity contribution in [3.63, 3.8) is 0 Å². The molecule has 0 radical (unpaired) electrons. The quantitative estimate of drug-likeness (QED) is 0.681. The van der Waals surface area contributed by atoms with Crippen LogP contribution in [0, 0.1) is 5.92 Å². The summed E-state index contributed by atoms with van der Waals surface area (Å²) in [6.45, 7) is 2.55. The van der Waals surface area contributed by atoms with E-state index < -0.39 is 12.0 Å². The second kappa shape index (κ2) is 6.05. The van der Waals surface area contributed by atoms with Crippen LogP contribution in [-0.4, -0.2) is 62.5 Å². The van der Waals surface area contributed by atoms with Gasteiger partial charge in [0.1, 0.15) is 6.04 Å². The Labute approximate surface area is 90.0 Å². The SMILES string of the molecule is COCC1CCN(C(COC)C(=O)O)C1. The monoisotopic (exact) mass is 217 g/mol. The van der Waals surface area contributed by atoms with Crippen molar-refractivity contribution in [1.82, 2.24) is 4.90 Å². The Morgan fingerprint density at radius 2 is 2.27 bits per heavy atom. The Kier molecular flexibility index (Phi) is 5.01. The molecule has 5 nitrogen and oxygen atoms in total. The number of nitrogens with zero attached hydrogens (tertiary/aromatic N) is 1. The molecule has 2 atom stereocenters. The number of carbonyl (C=O) groups is 1. The second-order valence-electron chi connectivity index (χ2n) is 3.91. The van der Waals surface area contributed by atoms with Crippen LogP contribution in [0.15, 0.2) is 0 Å². The predicted molar refractivity (Wildman–Crippen MR) is 54.9 cm³/mol. The first-order valence-corrected chi connectivity index (χ1v) is 5.13. The lowest BCUT2D eigenvalue weighted by Gasteiger charge is -2.23. The topological polar surface area (TPSA) is 59.0 Å². The van der Waals surface area contributed by atoms with E-state index >= 15 is 0 Å². The van der Waals surface area contributed by atoms with Crippen LogP contribution < -0.4 is 0 Å². The maximum Gasteiger partial charge on any atom is 0.323 e. The molecule has 5 heteroatoms. The lowest BCUT2D eigenvalue weighted by Crippen LogP contribution is -2.43. The number of carboxylic acid groups (broad SMARTS) is 1. The number of ether oxygens (including phenoxy) is 2. The summed E-state index contributed by atoms with van der Waals surface area (Å²) in [5.74, 6) is -0.358. The fourth-order valence-electron chi connectivity index (χ4n) is 2.01. The highest BCUT2D eigenvalue weighted by Crippen LogP contribution is 2.19. The molecule has 0 spiro atoms. The number of hydrogen-bond donors (Lipinski definition) is 1. The normalized spacial score (nSPS) is 24.3. The van der Waals surface area contributed by atoms with Crippen LogP contribution in [0.25, 0.3) is 0 Å². The summed E-state index contributed by atoms with van der Waals surface area (Å²) >= 11 is 0. The van der Waals surface area contributed by atoms with Crippen LogP contribution >= 0.6 is 0 Å². The number of carboxylic acids is 1. The largest absolute Gasteiger partial charge is 0.480 e. The third-order valence-corrected chi connectivity index (χ3v) is 2.77. The molecule has 1 N–H and O–H groups in total. The molecule has 0 bridgehead atoms. The Bertz CT molecular complexity index is 210. The third-order valence-electron chi connectivity index (χ3n) is 2.77. The maximum atomic E-state index is 11.0. The first-order valence-electron chi connectivity index (χ1n) is 5.13. The molecule has 1 fully saturated rings. The molecule has 1 saturated heterocycles. The van der Waals surface area contributed by atoms with Crippen molar-refractivity contribution >= 4 is 5.97 Å². The van der Waals surface area contributed by atoms with Gasteiger partial charge in [-0.05, 0) is 18.9 Å². The number of rotatable bonds is 6. The molecule has 1 aliphatic heterocycles. The van der Waals surface area contributed by atoms with E-state index in [0.717, 1.165) is 19.5 Å². The minimum atomic E-state index is -0.810. The fourth-order valence-corrected chi connectivity index (χ4v) is 2.01. The predicted octanol–water partition coefficient (Wildman–Crippen LogP) is 0.0543. The molecule has 1 heterocycles. The van der Waals surface area contributed by atoms with Gasteiger partial charge in [0.25, 0.3) is 0 Å². The van der Waals surface area contributed by atoms with Gasteiger partial charge in [-0.2, -0.15) is 0 Å². The maximum absolute atomic E-state index is 11.0. The van der Waals surface area contributed by atoms with Gasteiger partial charge >= 0.3 is 5.97 Å². The zero-order valence-corrected chi connectivity index (χ0v) is 9.31. The van der Waals surface area contributed by atoms with Crippen LogP contribution in [0.5, 0.6) is 0 Å². The van der Waals surface area contributed by atoms with Crippen molar-refractivity contribution in [3.05, 3.63) is 0 Å². The Balaban J connectivity index is 2.45. The molecular weight excluding hydrogens is 198 g/mol. The lowest BCUT2D eigenvalue weighted by molar-refractivity contribution is -0.144. The van der Waals surface area contributed by atoms with E-state index in [1.807, 2.05) is 4.90 Å². The summed E-state index contributed by atoms with van der Waals surface area (Å²) in [5, 5.41) is 9.03. The molecule has 88 valence electrons. The number of likely N-dealkylation sites (tertiary alicyclic amines) is 1.